The third kappa shape index (κ3) is 5.49. The molecule has 19 heavy (non-hydrogen) atoms. The minimum absolute atomic E-state index is 0.0815. The van der Waals surface area contributed by atoms with Gasteiger partial charge in [-0.3, -0.25) is 4.79 Å². The van der Waals surface area contributed by atoms with Gasteiger partial charge in [-0.05, 0) is 31.6 Å². The standard InChI is InChI=1S/C14H26N2O3/c1-4-12(5-2)10(3)15-14(19)16(9-13(17)18)8-11-6-7-11/h10-12H,4-9H2,1-3H3,(H,15,19)(H,17,18). The molecule has 1 aliphatic carbocycles. The van der Waals surface area contributed by atoms with Crippen LogP contribution in [-0.4, -0.2) is 41.1 Å². The monoisotopic (exact) mass is 270 g/mol. The minimum Gasteiger partial charge on any atom is -0.480 e. The molecule has 0 spiro atoms. The molecular formula is C14H26N2O3. The van der Waals surface area contributed by atoms with Crippen LogP contribution in [0.25, 0.3) is 0 Å². The summed E-state index contributed by atoms with van der Waals surface area (Å²) in [7, 11) is 0. The summed E-state index contributed by atoms with van der Waals surface area (Å²) in [4.78, 5) is 24.4. The summed E-state index contributed by atoms with van der Waals surface area (Å²) >= 11 is 0. The average Bonchev–Trinajstić information content (AvgIpc) is 3.13. The minimum atomic E-state index is -0.953. The summed E-state index contributed by atoms with van der Waals surface area (Å²) in [5, 5.41) is 11.8. The Labute approximate surface area is 115 Å². The van der Waals surface area contributed by atoms with Crippen LogP contribution in [0.1, 0.15) is 46.5 Å². The van der Waals surface area contributed by atoms with Gasteiger partial charge in [0.2, 0.25) is 0 Å². The lowest BCUT2D eigenvalue weighted by atomic mass is 9.96. The van der Waals surface area contributed by atoms with Crippen molar-refractivity contribution in [2.24, 2.45) is 11.8 Å². The SMILES string of the molecule is CCC(CC)C(C)NC(=O)N(CC(=O)O)CC1CC1. The summed E-state index contributed by atoms with van der Waals surface area (Å²) < 4.78 is 0. The largest absolute Gasteiger partial charge is 0.480 e. The molecule has 0 radical (unpaired) electrons. The Kier molecular flexibility index (Phi) is 6.12. The number of hydrogen-bond acceptors (Lipinski definition) is 2. The Morgan fingerprint density at radius 2 is 1.89 bits per heavy atom. The van der Waals surface area contributed by atoms with Crippen molar-refractivity contribution in [2.75, 3.05) is 13.1 Å². The molecule has 0 bridgehead atoms. The second-order valence-electron chi connectivity index (χ2n) is 5.53. The van der Waals surface area contributed by atoms with E-state index in [0.717, 1.165) is 25.7 Å². The number of aliphatic carboxylic acids is 1. The van der Waals surface area contributed by atoms with E-state index in [0.29, 0.717) is 18.4 Å². The van der Waals surface area contributed by atoms with Crippen LogP contribution in [0.5, 0.6) is 0 Å². The molecular weight excluding hydrogens is 244 g/mol. The van der Waals surface area contributed by atoms with Crippen molar-refractivity contribution in [1.82, 2.24) is 10.2 Å². The molecule has 110 valence electrons. The van der Waals surface area contributed by atoms with Gasteiger partial charge < -0.3 is 15.3 Å². The molecule has 5 nitrogen and oxygen atoms in total. The smallest absolute Gasteiger partial charge is 0.323 e. The molecule has 0 aromatic heterocycles. The highest BCUT2D eigenvalue weighted by molar-refractivity contribution is 5.80. The maximum absolute atomic E-state index is 12.1. The first-order valence-corrected chi connectivity index (χ1v) is 7.25. The van der Waals surface area contributed by atoms with Crippen LogP contribution in [-0.2, 0) is 4.79 Å². The van der Waals surface area contributed by atoms with Gasteiger partial charge >= 0.3 is 12.0 Å². The second kappa shape index (κ2) is 7.36. The van der Waals surface area contributed by atoms with Crippen LogP contribution < -0.4 is 5.32 Å². The number of nitrogens with zero attached hydrogens (tertiary/aromatic N) is 1. The third-order valence-corrected chi connectivity index (χ3v) is 3.90. The quantitative estimate of drug-likeness (QED) is 0.711. The summed E-state index contributed by atoms with van der Waals surface area (Å²) in [5.74, 6) is -0.0175. The molecule has 0 saturated heterocycles. The Hall–Kier alpha value is -1.26. The molecule has 1 aliphatic rings. The lowest BCUT2D eigenvalue weighted by molar-refractivity contribution is -0.137. The lowest BCUT2D eigenvalue weighted by Gasteiger charge is -2.27. The number of carbonyl (C=O) groups excluding carboxylic acids is 1. The van der Waals surface area contributed by atoms with E-state index in [4.69, 9.17) is 5.11 Å². The Bertz CT molecular complexity index is 312. The van der Waals surface area contributed by atoms with E-state index in [1.807, 2.05) is 6.92 Å². The number of carboxylic acid groups (broad SMARTS) is 1. The van der Waals surface area contributed by atoms with Gasteiger partial charge in [0.1, 0.15) is 6.54 Å². The van der Waals surface area contributed by atoms with E-state index in [9.17, 15) is 9.59 Å². The first kappa shape index (κ1) is 15.8. The van der Waals surface area contributed by atoms with E-state index in [1.54, 1.807) is 0 Å². The van der Waals surface area contributed by atoms with Crippen LogP contribution in [0.3, 0.4) is 0 Å². The first-order valence-electron chi connectivity index (χ1n) is 7.25. The van der Waals surface area contributed by atoms with Gasteiger partial charge in [-0.2, -0.15) is 0 Å². The molecule has 5 heteroatoms. The zero-order valence-corrected chi connectivity index (χ0v) is 12.2. The number of urea groups is 1. The fourth-order valence-corrected chi connectivity index (χ4v) is 2.39. The zero-order chi connectivity index (χ0) is 14.4. The van der Waals surface area contributed by atoms with Crippen molar-refractivity contribution in [3.05, 3.63) is 0 Å². The lowest BCUT2D eigenvalue weighted by Crippen LogP contribution is -2.48. The molecule has 1 atom stereocenters. The van der Waals surface area contributed by atoms with Gasteiger partial charge in [0, 0.05) is 12.6 Å². The number of hydrogen-bond donors (Lipinski definition) is 2. The van der Waals surface area contributed by atoms with Gasteiger partial charge in [-0.1, -0.05) is 26.7 Å². The Morgan fingerprint density at radius 3 is 2.32 bits per heavy atom. The van der Waals surface area contributed by atoms with E-state index in [-0.39, 0.29) is 18.6 Å². The highest BCUT2D eigenvalue weighted by Gasteiger charge is 2.29. The summed E-state index contributed by atoms with van der Waals surface area (Å²) in [5.41, 5.74) is 0. The van der Waals surface area contributed by atoms with Gasteiger partial charge in [-0.25, -0.2) is 4.79 Å². The number of carboxylic acids is 1. The maximum Gasteiger partial charge on any atom is 0.323 e. The fraction of sp³-hybridized carbons (Fsp3) is 0.857. The molecule has 0 aromatic carbocycles. The predicted octanol–water partition coefficient (Wildman–Crippen LogP) is 2.32. The topological polar surface area (TPSA) is 69.6 Å². The van der Waals surface area contributed by atoms with Crippen LogP contribution in [0.15, 0.2) is 0 Å². The molecule has 1 unspecified atom stereocenters. The predicted molar refractivity (Wildman–Crippen MR) is 74.0 cm³/mol. The van der Waals surface area contributed by atoms with Gasteiger partial charge in [-0.15, -0.1) is 0 Å². The van der Waals surface area contributed by atoms with Crippen molar-refractivity contribution in [2.45, 2.75) is 52.5 Å². The fourth-order valence-electron chi connectivity index (χ4n) is 2.39. The molecule has 2 N–H and O–H groups in total. The van der Waals surface area contributed by atoms with Crippen molar-refractivity contribution >= 4 is 12.0 Å². The van der Waals surface area contributed by atoms with Crippen molar-refractivity contribution in [1.29, 1.82) is 0 Å². The Balaban J connectivity index is 2.51. The van der Waals surface area contributed by atoms with Crippen LogP contribution in [0.2, 0.25) is 0 Å². The normalized spacial score (nSPS) is 16.2. The van der Waals surface area contributed by atoms with Crippen molar-refractivity contribution in [3.8, 4) is 0 Å². The highest BCUT2D eigenvalue weighted by Crippen LogP contribution is 2.29. The summed E-state index contributed by atoms with van der Waals surface area (Å²) in [6.45, 7) is 6.56. The summed E-state index contributed by atoms with van der Waals surface area (Å²) in [6, 6.07) is -0.160. The second-order valence-corrected chi connectivity index (χ2v) is 5.53. The molecule has 0 heterocycles. The summed E-state index contributed by atoms with van der Waals surface area (Å²) in [6.07, 6.45) is 4.23. The third-order valence-electron chi connectivity index (χ3n) is 3.90. The number of rotatable bonds is 8. The number of amides is 2. The maximum atomic E-state index is 12.1. The molecule has 1 rings (SSSR count). The van der Waals surface area contributed by atoms with Gasteiger partial charge in [0.15, 0.2) is 0 Å². The van der Waals surface area contributed by atoms with E-state index in [2.05, 4.69) is 19.2 Å². The average molecular weight is 270 g/mol. The van der Waals surface area contributed by atoms with E-state index < -0.39 is 5.97 Å². The molecule has 0 aliphatic heterocycles. The molecule has 2 amide bonds. The van der Waals surface area contributed by atoms with Crippen LogP contribution in [0, 0.1) is 11.8 Å². The van der Waals surface area contributed by atoms with Gasteiger partial charge in [0.05, 0.1) is 0 Å². The molecule has 1 saturated carbocycles. The first-order chi connectivity index (χ1) is 8.97. The number of nitrogens with one attached hydrogen (secondary N) is 1. The van der Waals surface area contributed by atoms with Crippen molar-refractivity contribution in [3.63, 3.8) is 0 Å². The van der Waals surface area contributed by atoms with E-state index in [1.165, 1.54) is 4.90 Å². The molecule has 0 aromatic rings. The highest BCUT2D eigenvalue weighted by atomic mass is 16.4. The van der Waals surface area contributed by atoms with E-state index >= 15 is 0 Å². The Morgan fingerprint density at radius 1 is 1.32 bits per heavy atom. The van der Waals surface area contributed by atoms with Crippen LogP contribution >= 0.6 is 0 Å². The number of carbonyl (C=O) groups is 2. The van der Waals surface area contributed by atoms with Gasteiger partial charge in [0.25, 0.3) is 0 Å². The zero-order valence-electron chi connectivity index (χ0n) is 12.2. The van der Waals surface area contributed by atoms with Crippen LogP contribution in [0.4, 0.5) is 4.79 Å². The van der Waals surface area contributed by atoms with Crippen molar-refractivity contribution < 1.29 is 14.7 Å². The molecule has 1 fully saturated rings.